The number of amides is 1. The van der Waals surface area contributed by atoms with E-state index in [4.69, 9.17) is 0 Å². The van der Waals surface area contributed by atoms with E-state index in [1.54, 1.807) is 13.2 Å². The number of carbonyl (C=O) groups is 1. The summed E-state index contributed by atoms with van der Waals surface area (Å²) in [6, 6.07) is 4.09. The molecule has 5 nitrogen and oxygen atoms in total. The monoisotopic (exact) mass is 312 g/mol. The van der Waals surface area contributed by atoms with Gasteiger partial charge in [-0.2, -0.15) is 0 Å². The Hall–Kier alpha value is -2.01. The first-order chi connectivity index (χ1) is 11.3. The molecular weight excluding hydrogens is 288 g/mol. The predicted octanol–water partition coefficient (Wildman–Crippen LogP) is 2.02. The van der Waals surface area contributed by atoms with Crippen molar-refractivity contribution in [3.63, 3.8) is 0 Å². The van der Waals surface area contributed by atoms with Gasteiger partial charge in [0.05, 0.1) is 12.1 Å². The van der Waals surface area contributed by atoms with Crippen LogP contribution in [-0.2, 0) is 11.2 Å². The van der Waals surface area contributed by atoms with Crippen LogP contribution >= 0.6 is 0 Å². The van der Waals surface area contributed by atoms with Crippen LogP contribution in [0, 0.1) is 5.92 Å². The minimum atomic E-state index is 0.106. The van der Waals surface area contributed by atoms with Gasteiger partial charge in [0.15, 0.2) is 0 Å². The third kappa shape index (κ3) is 4.05. The van der Waals surface area contributed by atoms with Gasteiger partial charge in [0.2, 0.25) is 5.91 Å². The lowest BCUT2D eigenvalue weighted by Gasteiger charge is -2.19. The Bertz CT molecular complexity index is 668. The van der Waals surface area contributed by atoms with Crippen molar-refractivity contribution in [2.75, 3.05) is 26.7 Å². The summed E-state index contributed by atoms with van der Waals surface area (Å²) in [4.78, 5) is 22.5. The summed E-state index contributed by atoms with van der Waals surface area (Å²) in [6.07, 6.45) is 10.2. The van der Waals surface area contributed by atoms with E-state index < -0.39 is 0 Å². The molecule has 5 heteroatoms. The van der Waals surface area contributed by atoms with E-state index in [0.29, 0.717) is 12.5 Å². The second kappa shape index (κ2) is 7.51. The topological polar surface area (TPSA) is 58.1 Å². The van der Waals surface area contributed by atoms with Gasteiger partial charge in [0.1, 0.15) is 0 Å². The Kier molecular flexibility index (Phi) is 5.18. The minimum absolute atomic E-state index is 0.106. The third-order valence-electron chi connectivity index (χ3n) is 4.73. The Labute approximate surface area is 137 Å². The van der Waals surface area contributed by atoms with Crippen LogP contribution in [0.2, 0.25) is 0 Å². The lowest BCUT2D eigenvalue weighted by Crippen LogP contribution is -2.36. The molecule has 2 aromatic rings. The first-order valence-electron chi connectivity index (χ1n) is 8.37. The van der Waals surface area contributed by atoms with Gasteiger partial charge in [0, 0.05) is 31.0 Å². The van der Waals surface area contributed by atoms with E-state index in [1.807, 2.05) is 18.5 Å². The molecule has 1 saturated heterocycles. The molecule has 3 heterocycles. The highest BCUT2D eigenvalue weighted by molar-refractivity contribution is 5.80. The number of hydrogen-bond donors (Lipinski definition) is 1. The SMILES string of the molecule is CNC(=O)CN1CCCC(Cc2ccnc3ccncc23)CC1. The van der Waals surface area contributed by atoms with Crippen molar-refractivity contribution in [1.82, 2.24) is 20.2 Å². The minimum Gasteiger partial charge on any atom is -0.358 e. The number of nitrogens with one attached hydrogen (secondary N) is 1. The first kappa shape index (κ1) is 15.9. The Morgan fingerprint density at radius 2 is 2.22 bits per heavy atom. The molecule has 1 aliphatic rings. The molecule has 1 N–H and O–H groups in total. The van der Waals surface area contributed by atoms with Crippen LogP contribution < -0.4 is 5.32 Å². The summed E-state index contributed by atoms with van der Waals surface area (Å²) < 4.78 is 0. The third-order valence-corrected chi connectivity index (χ3v) is 4.73. The van der Waals surface area contributed by atoms with Gasteiger partial charge in [-0.05, 0) is 62.4 Å². The smallest absolute Gasteiger partial charge is 0.233 e. The molecule has 1 atom stereocenters. The van der Waals surface area contributed by atoms with Crippen molar-refractivity contribution in [3.8, 4) is 0 Å². The predicted molar refractivity (Wildman–Crippen MR) is 91.1 cm³/mol. The average molecular weight is 312 g/mol. The average Bonchev–Trinajstić information content (AvgIpc) is 2.80. The summed E-state index contributed by atoms with van der Waals surface area (Å²) in [5.41, 5.74) is 2.36. The number of likely N-dealkylation sites (tertiary alicyclic amines) is 1. The van der Waals surface area contributed by atoms with Crippen LogP contribution in [0.15, 0.2) is 30.7 Å². The van der Waals surface area contributed by atoms with Crippen LogP contribution in [0.1, 0.15) is 24.8 Å². The molecule has 1 amide bonds. The van der Waals surface area contributed by atoms with Gasteiger partial charge in [-0.25, -0.2) is 0 Å². The van der Waals surface area contributed by atoms with E-state index >= 15 is 0 Å². The van der Waals surface area contributed by atoms with Gasteiger partial charge < -0.3 is 5.32 Å². The van der Waals surface area contributed by atoms with Crippen molar-refractivity contribution in [1.29, 1.82) is 0 Å². The maximum Gasteiger partial charge on any atom is 0.233 e. The van der Waals surface area contributed by atoms with Gasteiger partial charge in [-0.3, -0.25) is 19.7 Å². The number of hydrogen-bond acceptors (Lipinski definition) is 4. The number of nitrogens with zero attached hydrogens (tertiary/aromatic N) is 3. The largest absolute Gasteiger partial charge is 0.358 e. The van der Waals surface area contributed by atoms with E-state index in [2.05, 4.69) is 26.3 Å². The van der Waals surface area contributed by atoms with Crippen molar-refractivity contribution in [2.24, 2.45) is 5.92 Å². The van der Waals surface area contributed by atoms with E-state index in [9.17, 15) is 4.79 Å². The number of pyridine rings is 2. The Morgan fingerprint density at radius 1 is 1.30 bits per heavy atom. The van der Waals surface area contributed by atoms with Gasteiger partial charge >= 0.3 is 0 Å². The molecule has 1 fully saturated rings. The molecule has 0 aliphatic carbocycles. The zero-order chi connectivity index (χ0) is 16.1. The fraction of sp³-hybridized carbons (Fsp3) is 0.500. The first-order valence-corrected chi connectivity index (χ1v) is 8.37. The highest BCUT2D eigenvalue weighted by Crippen LogP contribution is 2.25. The zero-order valence-electron chi connectivity index (χ0n) is 13.7. The van der Waals surface area contributed by atoms with E-state index in [0.717, 1.165) is 37.9 Å². The summed E-state index contributed by atoms with van der Waals surface area (Å²) >= 11 is 0. The maximum atomic E-state index is 11.5. The molecule has 3 rings (SSSR count). The molecule has 0 saturated carbocycles. The Balaban J connectivity index is 1.65. The number of rotatable bonds is 4. The molecule has 0 radical (unpaired) electrons. The highest BCUT2D eigenvalue weighted by Gasteiger charge is 2.19. The molecule has 1 unspecified atom stereocenters. The number of fused-ring (bicyclic) bond motifs is 1. The number of likely N-dealkylation sites (N-methyl/N-ethyl adjacent to an activating group) is 1. The molecule has 0 spiro atoms. The normalized spacial score (nSPS) is 19.4. The van der Waals surface area contributed by atoms with E-state index in [-0.39, 0.29) is 5.91 Å². The fourth-order valence-electron chi connectivity index (χ4n) is 3.40. The second-order valence-electron chi connectivity index (χ2n) is 6.31. The quantitative estimate of drug-likeness (QED) is 0.938. The molecular formula is C18H24N4O. The molecule has 2 aromatic heterocycles. The lowest BCUT2D eigenvalue weighted by molar-refractivity contribution is -0.121. The van der Waals surface area contributed by atoms with E-state index in [1.165, 1.54) is 17.4 Å². The molecule has 1 aliphatic heterocycles. The van der Waals surface area contributed by atoms with Crippen molar-refractivity contribution >= 4 is 16.8 Å². The van der Waals surface area contributed by atoms with Crippen molar-refractivity contribution in [3.05, 3.63) is 36.3 Å². The molecule has 23 heavy (non-hydrogen) atoms. The van der Waals surface area contributed by atoms with Crippen molar-refractivity contribution in [2.45, 2.75) is 25.7 Å². The highest BCUT2D eigenvalue weighted by atomic mass is 16.1. The van der Waals surface area contributed by atoms with Gasteiger partial charge in [0.25, 0.3) is 0 Å². The molecule has 0 aromatic carbocycles. The maximum absolute atomic E-state index is 11.5. The summed E-state index contributed by atoms with van der Waals surface area (Å²) in [5.74, 6) is 0.769. The Morgan fingerprint density at radius 3 is 3.09 bits per heavy atom. The lowest BCUT2D eigenvalue weighted by atomic mass is 9.92. The summed E-state index contributed by atoms with van der Waals surface area (Å²) in [6.45, 7) is 2.53. The summed E-state index contributed by atoms with van der Waals surface area (Å²) in [7, 11) is 1.70. The standard InChI is InChI=1S/C18H24N4O/c1-19-18(23)13-22-9-2-3-14(6-10-22)11-15-4-8-21-17-5-7-20-12-16(15)17/h4-5,7-8,12,14H,2-3,6,9-11,13H2,1H3,(H,19,23). The van der Waals surface area contributed by atoms with Crippen molar-refractivity contribution < 1.29 is 4.79 Å². The number of carbonyl (C=O) groups excluding carboxylic acids is 1. The van der Waals surface area contributed by atoms with Crippen LogP contribution in [0.4, 0.5) is 0 Å². The summed E-state index contributed by atoms with van der Waals surface area (Å²) in [5, 5.41) is 3.88. The van der Waals surface area contributed by atoms with Crippen LogP contribution in [-0.4, -0.2) is 47.5 Å². The van der Waals surface area contributed by atoms with Crippen LogP contribution in [0.25, 0.3) is 10.9 Å². The fourth-order valence-corrected chi connectivity index (χ4v) is 3.40. The molecule has 122 valence electrons. The van der Waals surface area contributed by atoms with Crippen LogP contribution in [0.3, 0.4) is 0 Å². The van der Waals surface area contributed by atoms with Gasteiger partial charge in [-0.1, -0.05) is 0 Å². The van der Waals surface area contributed by atoms with Crippen LogP contribution in [0.5, 0.6) is 0 Å². The molecule has 0 bridgehead atoms. The second-order valence-corrected chi connectivity index (χ2v) is 6.31. The van der Waals surface area contributed by atoms with Gasteiger partial charge in [-0.15, -0.1) is 0 Å². The number of aromatic nitrogens is 2. The zero-order valence-corrected chi connectivity index (χ0v) is 13.7.